The molecule has 0 aromatic heterocycles. The molecule has 28 heavy (non-hydrogen) atoms. The van der Waals surface area contributed by atoms with Gasteiger partial charge in [-0.3, -0.25) is 9.89 Å². The highest BCUT2D eigenvalue weighted by atomic mass is 19.4. The normalized spacial score (nSPS) is 12.2. The summed E-state index contributed by atoms with van der Waals surface area (Å²) in [5.41, 5.74) is 1.14. The predicted molar refractivity (Wildman–Crippen MR) is 105 cm³/mol. The van der Waals surface area contributed by atoms with E-state index < -0.39 is 12.7 Å². The average Bonchev–Trinajstić information content (AvgIpc) is 2.62. The maximum Gasteiger partial charge on any atom is 0.401 e. The number of halogens is 3. The van der Waals surface area contributed by atoms with Crippen molar-refractivity contribution in [1.82, 2.24) is 15.5 Å². The van der Waals surface area contributed by atoms with Crippen molar-refractivity contribution in [2.24, 2.45) is 4.99 Å². The summed E-state index contributed by atoms with van der Waals surface area (Å²) in [7, 11) is 4.68. The highest BCUT2D eigenvalue weighted by Crippen LogP contribution is 2.28. The van der Waals surface area contributed by atoms with E-state index in [0.29, 0.717) is 31.4 Å². The maximum atomic E-state index is 12.3. The van der Waals surface area contributed by atoms with Crippen LogP contribution in [0.4, 0.5) is 13.2 Å². The number of benzene rings is 1. The molecule has 0 aliphatic rings. The van der Waals surface area contributed by atoms with Crippen molar-refractivity contribution in [2.45, 2.75) is 25.9 Å². The Balaban J connectivity index is 2.33. The molecule has 0 unspecified atom stereocenters. The molecule has 160 valence electrons. The summed E-state index contributed by atoms with van der Waals surface area (Å²) in [6.45, 7) is 2.91. The summed E-state index contributed by atoms with van der Waals surface area (Å²) in [4.78, 5) is 5.30. The average molecular weight is 404 g/mol. The molecule has 1 aromatic carbocycles. The molecule has 0 aliphatic carbocycles. The van der Waals surface area contributed by atoms with E-state index in [4.69, 9.17) is 9.47 Å². The molecule has 0 bridgehead atoms. The van der Waals surface area contributed by atoms with Crippen LogP contribution in [0.5, 0.6) is 11.5 Å². The fourth-order valence-corrected chi connectivity index (χ4v) is 2.62. The Morgan fingerprint density at radius 3 is 2.50 bits per heavy atom. The zero-order valence-corrected chi connectivity index (χ0v) is 17.0. The second-order valence-electron chi connectivity index (χ2n) is 6.30. The number of hydrogen-bond acceptors (Lipinski definition) is 4. The van der Waals surface area contributed by atoms with Gasteiger partial charge in [-0.1, -0.05) is 6.07 Å². The summed E-state index contributed by atoms with van der Waals surface area (Å²) >= 11 is 0. The highest BCUT2D eigenvalue weighted by molar-refractivity contribution is 5.79. The minimum atomic E-state index is -4.18. The van der Waals surface area contributed by atoms with Crippen molar-refractivity contribution < 1.29 is 22.6 Å². The molecule has 0 fully saturated rings. The minimum Gasteiger partial charge on any atom is -0.493 e. The maximum absolute atomic E-state index is 12.3. The number of nitrogens with one attached hydrogen (secondary N) is 2. The third kappa shape index (κ3) is 9.68. The Hall–Kier alpha value is -2.16. The number of hydrogen-bond donors (Lipinski definition) is 2. The van der Waals surface area contributed by atoms with Crippen LogP contribution in [-0.2, 0) is 6.42 Å². The van der Waals surface area contributed by atoms with E-state index in [-0.39, 0.29) is 6.54 Å². The zero-order valence-electron chi connectivity index (χ0n) is 17.0. The molecule has 0 aliphatic heterocycles. The largest absolute Gasteiger partial charge is 0.493 e. The van der Waals surface area contributed by atoms with Gasteiger partial charge >= 0.3 is 6.18 Å². The zero-order chi connectivity index (χ0) is 21.0. The van der Waals surface area contributed by atoms with Gasteiger partial charge in [-0.25, -0.2) is 0 Å². The number of aliphatic imine (C=N–C) groups is 1. The van der Waals surface area contributed by atoms with Gasteiger partial charge in [0.2, 0.25) is 0 Å². The van der Waals surface area contributed by atoms with Crippen molar-refractivity contribution in [3.63, 3.8) is 0 Å². The molecule has 0 saturated carbocycles. The second-order valence-corrected chi connectivity index (χ2v) is 6.30. The SMILES string of the molecule is CCOc1cc(CCCNC(=NC)NCCN(C)CC(F)(F)F)ccc1OC. The summed E-state index contributed by atoms with van der Waals surface area (Å²) in [6, 6.07) is 5.88. The molecule has 2 N–H and O–H groups in total. The number of ether oxygens (including phenoxy) is 2. The third-order valence-corrected chi connectivity index (χ3v) is 3.92. The van der Waals surface area contributed by atoms with E-state index in [1.54, 1.807) is 14.2 Å². The first-order valence-corrected chi connectivity index (χ1v) is 9.28. The van der Waals surface area contributed by atoms with E-state index in [9.17, 15) is 13.2 Å². The molecular weight excluding hydrogens is 373 g/mol. The quantitative estimate of drug-likeness (QED) is 0.337. The van der Waals surface area contributed by atoms with Gasteiger partial charge in [0.25, 0.3) is 0 Å². The van der Waals surface area contributed by atoms with E-state index in [1.807, 2.05) is 25.1 Å². The Morgan fingerprint density at radius 2 is 1.89 bits per heavy atom. The fourth-order valence-electron chi connectivity index (χ4n) is 2.62. The Bertz CT molecular complexity index is 609. The van der Waals surface area contributed by atoms with Gasteiger partial charge in [-0.2, -0.15) is 13.2 Å². The van der Waals surface area contributed by atoms with E-state index >= 15 is 0 Å². The number of alkyl halides is 3. The second kappa shape index (κ2) is 12.3. The van der Waals surface area contributed by atoms with Crippen LogP contribution < -0.4 is 20.1 Å². The molecule has 0 saturated heterocycles. The lowest BCUT2D eigenvalue weighted by Gasteiger charge is -2.19. The lowest BCUT2D eigenvalue weighted by molar-refractivity contribution is -0.142. The highest BCUT2D eigenvalue weighted by Gasteiger charge is 2.28. The number of guanidine groups is 1. The molecule has 0 radical (unpaired) electrons. The molecule has 0 spiro atoms. The van der Waals surface area contributed by atoms with Crippen LogP contribution in [0.15, 0.2) is 23.2 Å². The van der Waals surface area contributed by atoms with Crippen LogP contribution in [0.2, 0.25) is 0 Å². The first kappa shape index (κ1) is 23.9. The minimum absolute atomic E-state index is 0.270. The smallest absolute Gasteiger partial charge is 0.401 e. The van der Waals surface area contributed by atoms with Gasteiger partial charge in [-0.05, 0) is 44.5 Å². The molecule has 0 heterocycles. The van der Waals surface area contributed by atoms with Crippen molar-refractivity contribution in [2.75, 3.05) is 54.0 Å². The fraction of sp³-hybridized carbons (Fsp3) is 0.632. The van der Waals surface area contributed by atoms with Gasteiger partial charge in [0.15, 0.2) is 17.5 Å². The van der Waals surface area contributed by atoms with E-state index in [1.165, 1.54) is 11.9 Å². The predicted octanol–water partition coefficient (Wildman–Crippen LogP) is 2.69. The number of rotatable bonds is 11. The Kier molecular flexibility index (Phi) is 10.5. The van der Waals surface area contributed by atoms with E-state index in [2.05, 4.69) is 15.6 Å². The van der Waals surface area contributed by atoms with Crippen molar-refractivity contribution >= 4 is 5.96 Å². The van der Waals surface area contributed by atoms with Gasteiger partial charge in [0.05, 0.1) is 20.3 Å². The van der Waals surface area contributed by atoms with Crippen molar-refractivity contribution in [3.8, 4) is 11.5 Å². The first-order chi connectivity index (χ1) is 13.3. The summed E-state index contributed by atoms with van der Waals surface area (Å²) < 4.78 is 47.8. The third-order valence-electron chi connectivity index (χ3n) is 3.92. The van der Waals surface area contributed by atoms with Crippen LogP contribution in [0.25, 0.3) is 0 Å². The summed E-state index contributed by atoms with van der Waals surface area (Å²) in [6.07, 6.45) is -2.47. The Labute approximate surface area is 165 Å². The molecule has 9 heteroatoms. The molecule has 1 aromatic rings. The van der Waals surface area contributed by atoms with Gasteiger partial charge in [0, 0.05) is 26.7 Å². The molecular formula is C19H31F3N4O2. The molecule has 0 atom stereocenters. The standard InChI is InChI=1S/C19H31F3N4O2/c1-5-28-17-13-15(8-9-16(17)27-4)7-6-10-24-18(23-2)25-11-12-26(3)14-19(20,21)22/h8-9,13H,5-7,10-12,14H2,1-4H3,(H2,23,24,25). The summed E-state index contributed by atoms with van der Waals surface area (Å²) in [5.74, 6) is 2.02. The number of methoxy groups -OCH3 is 1. The van der Waals surface area contributed by atoms with Crippen molar-refractivity contribution in [3.05, 3.63) is 23.8 Å². The summed E-state index contributed by atoms with van der Waals surface area (Å²) in [5, 5.41) is 6.19. The van der Waals surface area contributed by atoms with E-state index in [0.717, 1.165) is 24.2 Å². The van der Waals surface area contributed by atoms with Crippen LogP contribution in [-0.4, -0.2) is 71.0 Å². The van der Waals surface area contributed by atoms with Crippen LogP contribution in [0.3, 0.4) is 0 Å². The van der Waals surface area contributed by atoms with Gasteiger partial charge in [0.1, 0.15) is 0 Å². The van der Waals surface area contributed by atoms with Gasteiger partial charge in [-0.15, -0.1) is 0 Å². The Morgan fingerprint density at radius 1 is 1.18 bits per heavy atom. The topological polar surface area (TPSA) is 58.1 Å². The van der Waals surface area contributed by atoms with Crippen LogP contribution >= 0.6 is 0 Å². The molecule has 1 rings (SSSR count). The number of likely N-dealkylation sites (N-methyl/N-ethyl adjacent to an activating group) is 1. The lowest BCUT2D eigenvalue weighted by Crippen LogP contribution is -2.42. The van der Waals surface area contributed by atoms with Crippen LogP contribution in [0.1, 0.15) is 18.9 Å². The molecule has 6 nitrogen and oxygen atoms in total. The number of nitrogens with zero attached hydrogens (tertiary/aromatic N) is 2. The molecule has 0 amide bonds. The van der Waals surface area contributed by atoms with Crippen LogP contribution in [0, 0.1) is 0 Å². The van der Waals surface area contributed by atoms with Gasteiger partial charge < -0.3 is 20.1 Å². The number of aryl methyl sites for hydroxylation is 1. The monoisotopic (exact) mass is 404 g/mol. The lowest BCUT2D eigenvalue weighted by atomic mass is 10.1. The van der Waals surface area contributed by atoms with Crippen molar-refractivity contribution in [1.29, 1.82) is 0 Å². The first-order valence-electron chi connectivity index (χ1n) is 9.28.